The second-order valence-corrected chi connectivity index (χ2v) is 4.74. The van der Waals surface area contributed by atoms with Crippen LogP contribution in [0.4, 0.5) is 5.69 Å². The fourth-order valence-electron chi connectivity index (χ4n) is 1.91. The van der Waals surface area contributed by atoms with Crippen molar-refractivity contribution in [1.29, 1.82) is 0 Å². The highest BCUT2D eigenvalue weighted by molar-refractivity contribution is 6.04. The van der Waals surface area contributed by atoms with Crippen LogP contribution < -0.4 is 11.1 Å². The number of carbonyl (C=O) groups is 1. The van der Waals surface area contributed by atoms with Crippen molar-refractivity contribution in [1.82, 2.24) is 4.98 Å². The molecule has 0 bridgehead atoms. The van der Waals surface area contributed by atoms with Gasteiger partial charge in [0.15, 0.2) is 0 Å². The van der Waals surface area contributed by atoms with E-state index in [0.29, 0.717) is 12.1 Å². The van der Waals surface area contributed by atoms with Gasteiger partial charge in [0.2, 0.25) is 0 Å². The van der Waals surface area contributed by atoms with Crippen molar-refractivity contribution in [2.24, 2.45) is 5.73 Å². The second-order valence-electron chi connectivity index (χ2n) is 4.74. The fourth-order valence-corrected chi connectivity index (χ4v) is 1.91. The summed E-state index contributed by atoms with van der Waals surface area (Å²) in [7, 11) is 0. The van der Waals surface area contributed by atoms with Crippen LogP contribution in [0.2, 0.25) is 0 Å². The first-order chi connectivity index (χ1) is 10.1. The van der Waals surface area contributed by atoms with Gasteiger partial charge in [-0.2, -0.15) is 0 Å². The van der Waals surface area contributed by atoms with Gasteiger partial charge in [0.25, 0.3) is 5.91 Å². The normalized spacial score (nSPS) is 9.67. The predicted molar refractivity (Wildman–Crippen MR) is 84.0 cm³/mol. The molecule has 3 N–H and O–H groups in total. The molecule has 21 heavy (non-hydrogen) atoms. The van der Waals surface area contributed by atoms with Gasteiger partial charge in [0.1, 0.15) is 0 Å². The summed E-state index contributed by atoms with van der Waals surface area (Å²) in [5.74, 6) is 5.60. The van der Waals surface area contributed by atoms with Crippen LogP contribution >= 0.6 is 0 Å². The molecule has 1 amide bonds. The van der Waals surface area contributed by atoms with E-state index in [1.807, 2.05) is 32.0 Å². The summed E-state index contributed by atoms with van der Waals surface area (Å²) in [6, 6.07) is 7.43. The first kappa shape index (κ1) is 14.8. The molecule has 1 heterocycles. The van der Waals surface area contributed by atoms with Gasteiger partial charge in [-0.25, -0.2) is 0 Å². The number of anilines is 1. The number of nitrogens with one attached hydrogen (secondary N) is 1. The van der Waals surface area contributed by atoms with Crippen LogP contribution in [0.1, 0.15) is 27.0 Å². The number of rotatable bonds is 2. The summed E-state index contributed by atoms with van der Waals surface area (Å²) in [6.45, 7) is 4.16. The van der Waals surface area contributed by atoms with Crippen molar-refractivity contribution >= 4 is 11.6 Å². The van der Waals surface area contributed by atoms with E-state index in [2.05, 4.69) is 22.1 Å². The zero-order valence-corrected chi connectivity index (χ0v) is 12.1. The van der Waals surface area contributed by atoms with E-state index >= 15 is 0 Å². The third kappa shape index (κ3) is 3.91. The average Bonchev–Trinajstić information content (AvgIpc) is 2.47. The lowest BCUT2D eigenvalue weighted by molar-refractivity contribution is 0.102. The van der Waals surface area contributed by atoms with E-state index in [-0.39, 0.29) is 5.91 Å². The van der Waals surface area contributed by atoms with E-state index in [4.69, 9.17) is 5.73 Å². The fraction of sp³-hybridized carbons (Fsp3) is 0.176. The smallest absolute Gasteiger partial charge is 0.257 e. The molecule has 0 saturated heterocycles. The Hall–Kier alpha value is -2.64. The van der Waals surface area contributed by atoms with Crippen LogP contribution in [0.15, 0.2) is 36.7 Å². The molecule has 0 aliphatic heterocycles. The van der Waals surface area contributed by atoms with Gasteiger partial charge < -0.3 is 11.1 Å². The molecule has 4 heteroatoms. The van der Waals surface area contributed by atoms with Crippen molar-refractivity contribution in [2.75, 3.05) is 11.9 Å². The van der Waals surface area contributed by atoms with Gasteiger partial charge in [-0.05, 0) is 49.2 Å². The third-order valence-corrected chi connectivity index (χ3v) is 2.95. The quantitative estimate of drug-likeness (QED) is 0.829. The van der Waals surface area contributed by atoms with Gasteiger partial charge in [0, 0.05) is 23.6 Å². The molecule has 0 unspecified atom stereocenters. The van der Waals surface area contributed by atoms with Gasteiger partial charge in [0.05, 0.1) is 12.1 Å². The lowest BCUT2D eigenvalue weighted by Crippen LogP contribution is -2.13. The average molecular weight is 279 g/mol. The van der Waals surface area contributed by atoms with Crippen molar-refractivity contribution < 1.29 is 4.79 Å². The van der Waals surface area contributed by atoms with E-state index in [1.165, 1.54) is 0 Å². The molecule has 0 spiro atoms. The largest absolute Gasteiger partial charge is 0.322 e. The summed E-state index contributed by atoms with van der Waals surface area (Å²) in [5, 5.41) is 2.89. The van der Waals surface area contributed by atoms with Crippen molar-refractivity contribution in [3.8, 4) is 11.8 Å². The molecule has 0 saturated carbocycles. The summed E-state index contributed by atoms with van der Waals surface area (Å²) in [4.78, 5) is 16.2. The molecular formula is C17H17N3O. The van der Waals surface area contributed by atoms with Crippen LogP contribution in [0, 0.1) is 25.7 Å². The summed E-state index contributed by atoms with van der Waals surface area (Å²) in [5.41, 5.74) is 9.44. The molecule has 0 aliphatic rings. The Morgan fingerprint density at radius 2 is 2.10 bits per heavy atom. The topological polar surface area (TPSA) is 68.0 Å². The Morgan fingerprint density at radius 1 is 1.29 bits per heavy atom. The maximum absolute atomic E-state index is 12.2. The zero-order valence-electron chi connectivity index (χ0n) is 12.1. The zero-order chi connectivity index (χ0) is 15.2. The second kappa shape index (κ2) is 6.69. The van der Waals surface area contributed by atoms with Crippen LogP contribution in [-0.4, -0.2) is 17.4 Å². The van der Waals surface area contributed by atoms with Crippen molar-refractivity contribution in [2.45, 2.75) is 13.8 Å². The number of amides is 1. The predicted octanol–water partition coefficient (Wildman–Crippen LogP) is 2.26. The first-order valence-corrected chi connectivity index (χ1v) is 6.63. The Balaban J connectivity index is 2.18. The molecule has 0 radical (unpaired) electrons. The maximum atomic E-state index is 12.2. The molecule has 106 valence electrons. The van der Waals surface area contributed by atoms with E-state index < -0.39 is 0 Å². The highest BCUT2D eigenvalue weighted by atomic mass is 16.1. The number of aromatic nitrogens is 1. The Bertz CT molecular complexity index is 726. The van der Waals surface area contributed by atoms with E-state index in [1.54, 1.807) is 18.5 Å². The molecular weight excluding hydrogens is 262 g/mol. The minimum Gasteiger partial charge on any atom is -0.322 e. The van der Waals surface area contributed by atoms with Crippen LogP contribution in [0.3, 0.4) is 0 Å². The van der Waals surface area contributed by atoms with Gasteiger partial charge in [-0.1, -0.05) is 11.8 Å². The molecule has 2 aromatic rings. The van der Waals surface area contributed by atoms with Gasteiger partial charge >= 0.3 is 0 Å². The third-order valence-electron chi connectivity index (χ3n) is 2.95. The lowest BCUT2D eigenvalue weighted by atomic mass is 10.1. The molecule has 2 rings (SSSR count). The SMILES string of the molecule is Cc1cncc(C(=O)Nc2ccc(C#CCN)cc2C)c1. The number of hydrogen-bond acceptors (Lipinski definition) is 3. The van der Waals surface area contributed by atoms with E-state index in [9.17, 15) is 4.79 Å². The first-order valence-electron chi connectivity index (χ1n) is 6.63. The lowest BCUT2D eigenvalue weighted by Gasteiger charge is -2.09. The minimum atomic E-state index is -0.171. The monoisotopic (exact) mass is 279 g/mol. The standard InChI is InChI=1S/C17H17N3O/c1-12-8-15(11-19-10-12)17(21)20-16-6-5-14(4-3-7-18)9-13(16)2/h5-6,8-11H,7,18H2,1-2H3,(H,20,21). The Labute approximate surface area is 124 Å². The van der Waals surface area contributed by atoms with Gasteiger partial charge in [-0.3, -0.25) is 9.78 Å². The number of benzene rings is 1. The molecule has 1 aromatic carbocycles. The van der Waals surface area contributed by atoms with Crippen molar-refractivity contribution in [3.05, 3.63) is 58.9 Å². The van der Waals surface area contributed by atoms with E-state index in [0.717, 1.165) is 22.4 Å². The molecule has 0 aliphatic carbocycles. The summed E-state index contributed by atoms with van der Waals surface area (Å²) in [6.07, 6.45) is 3.27. The number of nitrogens with two attached hydrogens (primary N) is 1. The number of aryl methyl sites for hydroxylation is 2. The summed E-state index contributed by atoms with van der Waals surface area (Å²) < 4.78 is 0. The summed E-state index contributed by atoms with van der Waals surface area (Å²) >= 11 is 0. The molecule has 0 fully saturated rings. The molecule has 4 nitrogen and oxygen atoms in total. The number of pyridine rings is 1. The Kier molecular flexibility index (Phi) is 4.70. The van der Waals surface area contributed by atoms with Crippen LogP contribution in [0.5, 0.6) is 0 Å². The highest BCUT2D eigenvalue weighted by Crippen LogP contribution is 2.17. The molecule has 0 atom stereocenters. The van der Waals surface area contributed by atoms with Crippen LogP contribution in [0.25, 0.3) is 0 Å². The van der Waals surface area contributed by atoms with Crippen molar-refractivity contribution in [3.63, 3.8) is 0 Å². The van der Waals surface area contributed by atoms with Crippen LogP contribution in [-0.2, 0) is 0 Å². The number of carbonyl (C=O) groups excluding carboxylic acids is 1. The maximum Gasteiger partial charge on any atom is 0.257 e. The number of hydrogen-bond donors (Lipinski definition) is 2. The number of nitrogens with zero attached hydrogens (tertiary/aromatic N) is 1. The Morgan fingerprint density at radius 3 is 2.76 bits per heavy atom. The van der Waals surface area contributed by atoms with Gasteiger partial charge in [-0.15, -0.1) is 0 Å². The molecule has 1 aromatic heterocycles. The minimum absolute atomic E-state index is 0.171. The highest BCUT2D eigenvalue weighted by Gasteiger charge is 2.08.